The Balaban J connectivity index is 1.95. The van der Waals surface area contributed by atoms with Gasteiger partial charge in [0.15, 0.2) is 0 Å². The highest BCUT2D eigenvalue weighted by molar-refractivity contribution is 7.99. The minimum absolute atomic E-state index is 0.0317. The lowest BCUT2D eigenvalue weighted by Crippen LogP contribution is -2.38. The van der Waals surface area contributed by atoms with Crippen LogP contribution in [0.25, 0.3) is 0 Å². The first-order chi connectivity index (χ1) is 9.19. The summed E-state index contributed by atoms with van der Waals surface area (Å²) in [6.45, 7) is 2.34. The molecular weight excluding hydrogens is 262 g/mol. The molecule has 3 N–H and O–H groups in total. The number of nitrogen functional groups attached to an aromatic ring is 1. The van der Waals surface area contributed by atoms with Crippen LogP contribution in [0.5, 0.6) is 5.75 Å². The summed E-state index contributed by atoms with van der Waals surface area (Å²) in [5.74, 6) is 2.77. The molecule has 1 aromatic rings. The number of ether oxygens (including phenoxy) is 1. The Kier molecular flexibility index (Phi) is 4.93. The van der Waals surface area contributed by atoms with E-state index in [-0.39, 0.29) is 5.91 Å². The smallest absolute Gasteiger partial charge is 0.238 e. The molecule has 0 bridgehead atoms. The molecule has 1 aliphatic heterocycles. The molecule has 2 rings (SSSR count). The SMILES string of the molecule is COc1ccc(N)cc1NC(=O)CN1CCSCC1. The average Bonchev–Trinajstić information content (AvgIpc) is 2.40. The van der Waals surface area contributed by atoms with Crippen molar-refractivity contribution in [2.45, 2.75) is 0 Å². The monoisotopic (exact) mass is 281 g/mol. The van der Waals surface area contributed by atoms with Gasteiger partial charge in [0, 0.05) is 30.3 Å². The molecule has 1 amide bonds. The van der Waals surface area contributed by atoms with Crippen LogP contribution in [-0.4, -0.2) is 49.1 Å². The third kappa shape index (κ3) is 4.04. The zero-order chi connectivity index (χ0) is 13.7. The van der Waals surface area contributed by atoms with Crippen molar-refractivity contribution in [3.05, 3.63) is 18.2 Å². The van der Waals surface area contributed by atoms with Crippen LogP contribution in [0.2, 0.25) is 0 Å². The summed E-state index contributed by atoms with van der Waals surface area (Å²) < 4.78 is 5.20. The molecule has 0 radical (unpaired) electrons. The van der Waals surface area contributed by atoms with Gasteiger partial charge in [-0.25, -0.2) is 0 Å². The van der Waals surface area contributed by atoms with Gasteiger partial charge in [-0.3, -0.25) is 9.69 Å². The minimum atomic E-state index is -0.0317. The highest BCUT2D eigenvalue weighted by atomic mass is 32.2. The van der Waals surface area contributed by atoms with Crippen LogP contribution in [0.3, 0.4) is 0 Å². The molecule has 104 valence electrons. The molecule has 1 fully saturated rings. The molecule has 6 heteroatoms. The van der Waals surface area contributed by atoms with E-state index in [1.165, 1.54) is 0 Å². The zero-order valence-corrected chi connectivity index (χ0v) is 11.8. The Hall–Kier alpha value is -1.40. The van der Waals surface area contributed by atoms with E-state index in [9.17, 15) is 4.79 Å². The molecule has 0 unspecified atom stereocenters. The van der Waals surface area contributed by atoms with Crippen molar-refractivity contribution in [3.63, 3.8) is 0 Å². The van der Waals surface area contributed by atoms with Crippen molar-refractivity contribution in [1.29, 1.82) is 0 Å². The van der Waals surface area contributed by atoms with Crippen LogP contribution in [0, 0.1) is 0 Å². The van der Waals surface area contributed by atoms with Crippen LogP contribution in [0.1, 0.15) is 0 Å². The van der Waals surface area contributed by atoms with Crippen LogP contribution >= 0.6 is 11.8 Å². The molecule has 0 spiro atoms. The molecule has 1 aromatic carbocycles. The Morgan fingerprint density at radius 3 is 2.89 bits per heavy atom. The molecule has 0 aromatic heterocycles. The first-order valence-electron chi connectivity index (χ1n) is 6.22. The van der Waals surface area contributed by atoms with E-state index >= 15 is 0 Å². The summed E-state index contributed by atoms with van der Waals surface area (Å²) in [6, 6.07) is 5.21. The highest BCUT2D eigenvalue weighted by Crippen LogP contribution is 2.26. The number of hydrogen-bond acceptors (Lipinski definition) is 5. The predicted octanol–water partition coefficient (Wildman–Crippen LogP) is 1.26. The molecule has 1 aliphatic rings. The van der Waals surface area contributed by atoms with E-state index in [4.69, 9.17) is 10.5 Å². The fraction of sp³-hybridized carbons (Fsp3) is 0.462. The topological polar surface area (TPSA) is 67.6 Å². The van der Waals surface area contributed by atoms with Gasteiger partial charge in [0.2, 0.25) is 5.91 Å². The fourth-order valence-electron chi connectivity index (χ4n) is 1.98. The van der Waals surface area contributed by atoms with Crippen molar-refractivity contribution < 1.29 is 9.53 Å². The summed E-state index contributed by atoms with van der Waals surface area (Å²) in [7, 11) is 1.57. The molecule has 5 nitrogen and oxygen atoms in total. The summed E-state index contributed by atoms with van der Waals surface area (Å²) >= 11 is 1.93. The first kappa shape index (κ1) is 14.0. The van der Waals surface area contributed by atoms with Crippen molar-refractivity contribution in [2.75, 3.05) is 49.3 Å². The van der Waals surface area contributed by atoms with Crippen LogP contribution in [-0.2, 0) is 4.79 Å². The number of benzene rings is 1. The minimum Gasteiger partial charge on any atom is -0.495 e. The number of nitrogens with one attached hydrogen (secondary N) is 1. The molecule has 0 atom stereocenters. The van der Waals surface area contributed by atoms with Crippen molar-refractivity contribution in [2.24, 2.45) is 0 Å². The number of rotatable bonds is 4. The molecule has 0 aliphatic carbocycles. The fourth-order valence-corrected chi connectivity index (χ4v) is 2.95. The van der Waals surface area contributed by atoms with E-state index in [0.717, 1.165) is 24.6 Å². The standard InChI is InChI=1S/C13H19N3O2S/c1-18-12-3-2-10(14)8-11(12)15-13(17)9-16-4-6-19-7-5-16/h2-3,8H,4-7,9,14H2,1H3,(H,15,17). The van der Waals surface area contributed by atoms with Gasteiger partial charge < -0.3 is 15.8 Å². The Labute approximate surface area is 117 Å². The second-order valence-corrected chi connectivity index (χ2v) is 5.62. The largest absolute Gasteiger partial charge is 0.495 e. The summed E-state index contributed by atoms with van der Waals surface area (Å²) in [5, 5.41) is 2.86. The number of amides is 1. The van der Waals surface area contributed by atoms with Gasteiger partial charge >= 0.3 is 0 Å². The second-order valence-electron chi connectivity index (χ2n) is 4.40. The third-order valence-electron chi connectivity index (χ3n) is 2.97. The number of carbonyl (C=O) groups excluding carboxylic acids is 1. The maximum Gasteiger partial charge on any atom is 0.238 e. The van der Waals surface area contributed by atoms with Gasteiger partial charge in [0.05, 0.1) is 19.3 Å². The zero-order valence-electron chi connectivity index (χ0n) is 11.0. The maximum atomic E-state index is 12.0. The van der Waals surface area contributed by atoms with Crippen LogP contribution < -0.4 is 15.8 Å². The Morgan fingerprint density at radius 2 is 2.21 bits per heavy atom. The molecular formula is C13H19N3O2S. The first-order valence-corrected chi connectivity index (χ1v) is 7.38. The number of nitrogens with two attached hydrogens (primary N) is 1. The molecule has 1 heterocycles. The number of carbonyl (C=O) groups is 1. The number of methoxy groups -OCH3 is 1. The van der Waals surface area contributed by atoms with Gasteiger partial charge in [0.1, 0.15) is 5.75 Å². The van der Waals surface area contributed by atoms with Gasteiger partial charge in [0.25, 0.3) is 0 Å². The van der Waals surface area contributed by atoms with Gasteiger partial charge in [-0.05, 0) is 18.2 Å². The lowest BCUT2D eigenvalue weighted by atomic mass is 10.2. The lowest BCUT2D eigenvalue weighted by molar-refractivity contribution is -0.117. The maximum absolute atomic E-state index is 12.0. The van der Waals surface area contributed by atoms with Crippen LogP contribution in [0.15, 0.2) is 18.2 Å². The summed E-state index contributed by atoms with van der Waals surface area (Å²) in [4.78, 5) is 14.2. The van der Waals surface area contributed by atoms with Crippen molar-refractivity contribution in [1.82, 2.24) is 4.90 Å². The van der Waals surface area contributed by atoms with Gasteiger partial charge in [-0.2, -0.15) is 11.8 Å². The number of nitrogens with zero attached hydrogens (tertiary/aromatic N) is 1. The quantitative estimate of drug-likeness (QED) is 0.813. The van der Waals surface area contributed by atoms with E-state index in [1.807, 2.05) is 11.8 Å². The van der Waals surface area contributed by atoms with E-state index < -0.39 is 0 Å². The molecule has 0 saturated carbocycles. The number of anilines is 2. The van der Waals surface area contributed by atoms with E-state index in [2.05, 4.69) is 10.2 Å². The molecule has 19 heavy (non-hydrogen) atoms. The van der Waals surface area contributed by atoms with E-state index in [1.54, 1.807) is 25.3 Å². The predicted molar refractivity (Wildman–Crippen MR) is 79.8 cm³/mol. The van der Waals surface area contributed by atoms with Crippen molar-refractivity contribution >= 4 is 29.0 Å². The summed E-state index contributed by atoms with van der Waals surface area (Å²) in [5.41, 5.74) is 6.95. The molecule has 1 saturated heterocycles. The van der Waals surface area contributed by atoms with E-state index in [0.29, 0.717) is 23.7 Å². The number of hydrogen-bond donors (Lipinski definition) is 2. The Bertz CT molecular complexity index is 448. The number of thioether (sulfide) groups is 1. The van der Waals surface area contributed by atoms with Gasteiger partial charge in [-0.1, -0.05) is 0 Å². The van der Waals surface area contributed by atoms with Crippen molar-refractivity contribution in [3.8, 4) is 5.75 Å². The highest BCUT2D eigenvalue weighted by Gasteiger charge is 2.15. The average molecular weight is 281 g/mol. The summed E-state index contributed by atoms with van der Waals surface area (Å²) in [6.07, 6.45) is 0. The second kappa shape index (κ2) is 6.68. The Morgan fingerprint density at radius 1 is 1.47 bits per heavy atom. The normalized spacial score (nSPS) is 16.1. The lowest BCUT2D eigenvalue weighted by Gasteiger charge is -2.25. The van der Waals surface area contributed by atoms with Crippen LogP contribution in [0.4, 0.5) is 11.4 Å². The third-order valence-corrected chi connectivity index (χ3v) is 3.91. The van der Waals surface area contributed by atoms with Gasteiger partial charge in [-0.15, -0.1) is 0 Å².